The van der Waals surface area contributed by atoms with E-state index in [1.165, 1.54) is 0 Å². The second-order valence-electron chi connectivity index (χ2n) is 5.16. The topological polar surface area (TPSA) is 64.3 Å². The van der Waals surface area contributed by atoms with Gasteiger partial charge in [-0.2, -0.15) is 0 Å². The molecular weight excluding hydrogens is 228 g/mol. The molecule has 0 unspecified atom stereocenters. The summed E-state index contributed by atoms with van der Waals surface area (Å²) in [5, 5.41) is 2.92. The summed E-state index contributed by atoms with van der Waals surface area (Å²) in [5.74, 6) is 0.478. The van der Waals surface area contributed by atoms with Crippen molar-refractivity contribution in [1.82, 2.24) is 5.32 Å². The Kier molecular flexibility index (Phi) is 4.59. The van der Waals surface area contributed by atoms with Crippen molar-refractivity contribution in [3.05, 3.63) is 23.8 Å². The first-order valence-corrected chi connectivity index (χ1v) is 6.11. The van der Waals surface area contributed by atoms with Gasteiger partial charge in [0.2, 0.25) is 0 Å². The van der Waals surface area contributed by atoms with Crippen molar-refractivity contribution >= 4 is 11.6 Å². The van der Waals surface area contributed by atoms with Gasteiger partial charge in [-0.15, -0.1) is 0 Å². The summed E-state index contributed by atoms with van der Waals surface area (Å²) < 4.78 is 5.05. The van der Waals surface area contributed by atoms with Gasteiger partial charge in [0.1, 0.15) is 5.75 Å². The van der Waals surface area contributed by atoms with Gasteiger partial charge in [-0.25, -0.2) is 0 Å². The summed E-state index contributed by atoms with van der Waals surface area (Å²) in [7, 11) is 1.55. The number of anilines is 1. The number of carbonyl (C=O) groups is 1. The van der Waals surface area contributed by atoms with Crippen LogP contribution in [0.4, 0.5) is 5.69 Å². The lowest BCUT2D eigenvalue weighted by molar-refractivity contribution is 0.0935. The van der Waals surface area contributed by atoms with E-state index in [0.29, 0.717) is 23.5 Å². The van der Waals surface area contributed by atoms with Gasteiger partial charge in [-0.3, -0.25) is 4.79 Å². The highest BCUT2D eigenvalue weighted by molar-refractivity contribution is 5.95. The molecular formula is C14H22N2O2. The normalized spacial score (nSPS) is 11.1. The van der Waals surface area contributed by atoms with Crippen LogP contribution >= 0.6 is 0 Å². The summed E-state index contributed by atoms with van der Waals surface area (Å²) in [6.07, 6.45) is 1.01. The molecule has 1 amide bonds. The van der Waals surface area contributed by atoms with Crippen LogP contribution in [-0.2, 0) is 0 Å². The van der Waals surface area contributed by atoms with Gasteiger partial charge in [-0.1, -0.05) is 20.8 Å². The summed E-state index contributed by atoms with van der Waals surface area (Å²) in [6.45, 7) is 7.00. The van der Waals surface area contributed by atoms with E-state index in [1.807, 2.05) is 0 Å². The molecule has 0 atom stereocenters. The first-order chi connectivity index (χ1) is 8.39. The molecule has 0 heterocycles. The number of benzene rings is 1. The van der Waals surface area contributed by atoms with Crippen LogP contribution in [0.25, 0.3) is 0 Å². The van der Waals surface area contributed by atoms with E-state index < -0.39 is 0 Å². The van der Waals surface area contributed by atoms with E-state index in [0.717, 1.165) is 6.42 Å². The Balaban J connectivity index is 2.71. The zero-order chi connectivity index (χ0) is 13.8. The first-order valence-electron chi connectivity index (χ1n) is 6.11. The highest BCUT2D eigenvalue weighted by atomic mass is 16.5. The molecule has 0 saturated carbocycles. The first kappa shape index (κ1) is 14.4. The molecule has 0 aliphatic rings. The summed E-state index contributed by atoms with van der Waals surface area (Å²) in [5.41, 5.74) is 6.91. The van der Waals surface area contributed by atoms with Crippen LogP contribution in [-0.4, -0.2) is 19.6 Å². The molecule has 0 radical (unpaired) electrons. The molecule has 4 heteroatoms. The maximum atomic E-state index is 12.0. The van der Waals surface area contributed by atoms with Crippen LogP contribution in [0.2, 0.25) is 0 Å². The Morgan fingerprint density at radius 2 is 2.11 bits per heavy atom. The van der Waals surface area contributed by atoms with E-state index >= 15 is 0 Å². The van der Waals surface area contributed by atoms with Crippen LogP contribution in [0.15, 0.2) is 18.2 Å². The van der Waals surface area contributed by atoms with Crippen molar-refractivity contribution < 1.29 is 9.53 Å². The van der Waals surface area contributed by atoms with Gasteiger partial charge in [0.05, 0.1) is 12.8 Å². The number of rotatable bonds is 5. The number of nitrogens with one attached hydrogen (secondary N) is 1. The Morgan fingerprint density at radius 1 is 1.44 bits per heavy atom. The van der Waals surface area contributed by atoms with Crippen LogP contribution in [0.3, 0.4) is 0 Å². The van der Waals surface area contributed by atoms with E-state index in [1.54, 1.807) is 25.3 Å². The summed E-state index contributed by atoms with van der Waals surface area (Å²) in [4.78, 5) is 12.0. The average Bonchev–Trinajstić information content (AvgIpc) is 2.36. The van der Waals surface area contributed by atoms with Crippen molar-refractivity contribution in [3.8, 4) is 5.75 Å². The second kappa shape index (κ2) is 5.76. The van der Waals surface area contributed by atoms with Crippen molar-refractivity contribution in [2.45, 2.75) is 27.2 Å². The minimum atomic E-state index is -0.106. The number of hydrogen-bond donors (Lipinski definition) is 2. The number of nitrogens with two attached hydrogens (primary N) is 1. The van der Waals surface area contributed by atoms with Gasteiger partial charge in [0, 0.05) is 12.1 Å². The summed E-state index contributed by atoms with van der Waals surface area (Å²) >= 11 is 0. The van der Waals surface area contributed by atoms with Gasteiger partial charge < -0.3 is 15.8 Å². The fraction of sp³-hybridized carbons (Fsp3) is 0.500. The molecule has 0 bridgehead atoms. The number of nitrogen functional groups attached to an aromatic ring is 1. The maximum absolute atomic E-state index is 12.0. The van der Waals surface area contributed by atoms with Crippen molar-refractivity contribution in [2.75, 3.05) is 19.4 Å². The third kappa shape index (κ3) is 3.65. The molecule has 0 fully saturated rings. The molecule has 1 aromatic carbocycles. The maximum Gasteiger partial charge on any atom is 0.251 e. The zero-order valence-corrected chi connectivity index (χ0v) is 11.5. The average molecular weight is 250 g/mol. The van der Waals surface area contributed by atoms with Crippen molar-refractivity contribution in [2.24, 2.45) is 5.41 Å². The highest BCUT2D eigenvalue weighted by Crippen LogP contribution is 2.22. The lowest BCUT2D eigenvalue weighted by Gasteiger charge is -2.22. The van der Waals surface area contributed by atoms with Crippen molar-refractivity contribution in [3.63, 3.8) is 0 Å². The van der Waals surface area contributed by atoms with Crippen molar-refractivity contribution in [1.29, 1.82) is 0 Å². The quantitative estimate of drug-likeness (QED) is 0.789. The van der Waals surface area contributed by atoms with Crippen LogP contribution in [0.5, 0.6) is 5.75 Å². The molecule has 1 rings (SSSR count). The van der Waals surface area contributed by atoms with E-state index in [-0.39, 0.29) is 11.3 Å². The number of amides is 1. The molecule has 0 saturated heterocycles. The predicted molar refractivity (Wildman–Crippen MR) is 73.8 cm³/mol. The standard InChI is InChI=1S/C14H22N2O2/c1-5-14(2,3)9-16-13(17)10-6-7-12(18-4)11(15)8-10/h6-8H,5,9,15H2,1-4H3,(H,16,17). The van der Waals surface area contributed by atoms with Gasteiger partial charge in [0.15, 0.2) is 0 Å². The molecule has 0 spiro atoms. The minimum absolute atomic E-state index is 0.105. The van der Waals surface area contributed by atoms with E-state index in [2.05, 4.69) is 26.1 Å². The number of carbonyl (C=O) groups excluding carboxylic acids is 1. The SMILES string of the molecule is CCC(C)(C)CNC(=O)c1ccc(OC)c(N)c1. The largest absolute Gasteiger partial charge is 0.495 e. The molecule has 1 aromatic rings. The lowest BCUT2D eigenvalue weighted by Crippen LogP contribution is -2.33. The molecule has 4 nitrogen and oxygen atoms in total. The molecule has 0 aliphatic carbocycles. The van der Waals surface area contributed by atoms with E-state index in [4.69, 9.17) is 10.5 Å². The Morgan fingerprint density at radius 3 is 2.61 bits per heavy atom. The fourth-order valence-corrected chi connectivity index (χ4v) is 1.42. The second-order valence-corrected chi connectivity index (χ2v) is 5.16. The van der Waals surface area contributed by atoms with Crippen LogP contribution in [0.1, 0.15) is 37.6 Å². The lowest BCUT2D eigenvalue weighted by atomic mass is 9.90. The highest BCUT2D eigenvalue weighted by Gasteiger charge is 2.17. The Hall–Kier alpha value is -1.71. The van der Waals surface area contributed by atoms with Crippen LogP contribution in [0, 0.1) is 5.41 Å². The zero-order valence-electron chi connectivity index (χ0n) is 11.5. The third-order valence-corrected chi connectivity index (χ3v) is 3.18. The number of ether oxygens (including phenoxy) is 1. The fourth-order valence-electron chi connectivity index (χ4n) is 1.42. The number of methoxy groups -OCH3 is 1. The number of hydrogen-bond acceptors (Lipinski definition) is 3. The monoisotopic (exact) mass is 250 g/mol. The predicted octanol–water partition coefficient (Wildman–Crippen LogP) is 2.44. The Labute approximate surface area is 109 Å². The Bertz CT molecular complexity index is 428. The smallest absolute Gasteiger partial charge is 0.251 e. The van der Waals surface area contributed by atoms with Crippen LogP contribution < -0.4 is 15.8 Å². The third-order valence-electron chi connectivity index (χ3n) is 3.18. The minimum Gasteiger partial charge on any atom is -0.495 e. The van der Waals surface area contributed by atoms with Gasteiger partial charge in [-0.05, 0) is 30.0 Å². The molecule has 18 heavy (non-hydrogen) atoms. The van der Waals surface area contributed by atoms with E-state index in [9.17, 15) is 4.79 Å². The van der Waals surface area contributed by atoms with Gasteiger partial charge >= 0.3 is 0 Å². The molecule has 3 N–H and O–H groups in total. The van der Waals surface area contributed by atoms with Gasteiger partial charge in [0.25, 0.3) is 5.91 Å². The molecule has 0 aliphatic heterocycles. The summed E-state index contributed by atoms with van der Waals surface area (Å²) in [6, 6.07) is 5.05. The molecule has 100 valence electrons. The molecule has 0 aromatic heterocycles.